The smallest absolute Gasteiger partial charge is 0.276 e. The van der Waals surface area contributed by atoms with Gasteiger partial charge in [0, 0.05) is 23.4 Å². The molecule has 0 spiro atoms. The first-order chi connectivity index (χ1) is 8.66. The Bertz CT molecular complexity index is 632. The third kappa shape index (κ3) is 1.45. The average Bonchev–Trinajstić information content (AvgIpc) is 2.93. The van der Waals surface area contributed by atoms with Crippen LogP contribution in [0.25, 0.3) is 0 Å². The van der Waals surface area contributed by atoms with Crippen LogP contribution in [-0.4, -0.2) is 21.0 Å². The SMILES string of the molecule is O=C1c2[nH]ncc2CN1c1ccc([N+](=O)[O-])cc1. The van der Waals surface area contributed by atoms with E-state index in [1.807, 2.05) is 0 Å². The summed E-state index contributed by atoms with van der Waals surface area (Å²) in [7, 11) is 0. The number of aromatic amines is 1. The van der Waals surface area contributed by atoms with Crippen molar-refractivity contribution in [3.05, 3.63) is 51.8 Å². The Kier molecular flexibility index (Phi) is 2.12. The van der Waals surface area contributed by atoms with Gasteiger partial charge in [-0.1, -0.05) is 0 Å². The van der Waals surface area contributed by atoms with E-state index < -0.39 is 4.92 Å². The zero-order chi connectivity index (χ0) is 12.7. The lowest BCUT2D eigenvalue weighted by molar-refractivity contribution is -0.384. The molecule has 0 radical (unpaired) electrons. The van der Waals surface area contributed by atoms with Gasteiger partial charge in [-0.25, -0.2) is 0 Å². The van der Waals surface area contributed by atoms with Crippen LogP contribution in [0.2, 0.25) is 0 Å². The molecule has 0 aliphatic carbocycles. The molecule has 0 unspecified atom stereocenters. The summed E-state index contributed by atoms with van der Waals surface area (Å²) >= 11 is 0. The van der Waals surface area contributed by atoms with E-state index >= 15 is 0 Å². The molecule has 2 aromatic rings. The van der Waals surface area contributed by atoms with Crippen LogP contribution in [0, 0.1) is 10.1 Å². The normalized spacial score (nSPS) is 13.8. The molecule has 7 nitrogen and oxygen atoms in total. The highest BCUT2D eigenvalue weighted by Crippen LogP contribution is 2.27. The second-order valence-corrected chi connectivity index (χ2v) is 3.94. The lowest BCUT2D eigenvalue weighted by Gasteiger charge is -2.15. The summed E-state index contributed by atoms with van der Waals surface area (Å²) in [5.74, 6) is -0.170. The molecule has 1 aromatic carbocycles. The topological polar surface area (TPSA) is 92.1 Å². The summed E-state index contributed by atoms with van der Waals surface area (Å²) in [6.45, 7) is 0.433. The highest BCUT2D eigenvalue weighted by molar-refractivity contribution is 6.08. The number of anilines is 1. The van der Waals surface area contributed by atoms with E-state index in [0.29, 0.717) is 17.9 Å². The van der Waals surface area contributed by atoms with E-state index in [4.69, 9.17) is 0 Å². The Morgan fingerprint density at radius 3 is 2.67 bits per heavy atom. The number of H-pyrrole nitrogens is 1. The molecule has 7 heteroatoms. The molecule has 1 aliphatic rings. The Morgan fingerprint density at radius 1 is 1.33 bits per heavy atom. The minimum absolute atomic E-state index is 0.00517. The van der Waals surface area contributed by atoms with Gasteiger partial charge >= 0.3 is 0 Å². The number of fused-ring (bicyclic) bond motifs is 1. The number of benzene rings is 1. The summed E-state index contributed by atoms with van der Waals surface area (Å²) in [6, 6.07) is 5.89. The van der Waals surface area contributed by atoms with Gasteiger partial charge in [-0.15, -0.1) is 0 Å². The van der Waals surface area contributed by atoms with Gasteiger partial charge in [0.2, 0.25) is 0 Å². The van der Waals surface area contributed by atoms with Gasteiger partial charge in [-0.3, -0.25) is 20.0 Å². The first-order valence-electron chi connectivity index (χ1n) is 5.25. The molecule has 1 aromatic heterocycles. The summed E-state index contributed by atoms with van der Waals surface area (Å²) in [6.07, 6.45) is 1.61. The van der Waals surface area contributed by atoms with Crippen LogP contribution in [0.3, 0.4) is 0 Å². The van der Waals surface area contributed by atoms with E-state index in [-0.39, 0.29) is 11.6 Å². The second kappa shape index (κ2) is 3.66. The first kappa shape index (κ1) is 10.5. The molecule has 18 heavy (non-hydrogen) atoms. The highest BCUT2D eigenvalue weighted by Gasteiger charge is 2.30. The zero-order valence-electron chi connectivity index (χ0n) is 9.16. The lowest BCUT2D eigenvalue weighted by atomic mass is 10.2. The number of carbonyl (C=O) groups excluding carboxylic acids is 1. The molecule has 90 valence electrons. The fourth-order valence-corrected chi connectivity index (χ4v) is 1.96. The van der Waals surface area contributed by atoms with E-state index in [2.05, 4.69) is 10.2 Å². The molecule has 1 amide bonds. The molecule has 0 saturated heterocycles. The lowest BCUT2D eigenvalue weighted by Crippen LogP contribution is -2.23. The van der Waals surface area contributed by atoms with Gasteiger partial charge in [0.05, 0.1) is 17.7 Å². The van der Waals surface area contributed by atoms with Crippen LogP contribution in [0.5, 0.6) is 0 Å². The monoisotopic (exact) mass is 244 g/mol. The standard InChI is InChI=1S/C11H8N4O3/c16-11-10-7(5-12-13-10)6-14(11)8-1-3-9(4-2-8)15(17)18/h1-5H,6H2,(H,12,13). The number of nitrogens with zero attached hydrogens (tertiary/aromatic N) is 3. The fourth-order valence-electron chi connectivity index (χ4n) is 1.96. The number of nitrogens with one attached hydrogen (secondary N) is 1. The number of aromatic nitrogens is 2. The van der Waals surface area contributed by atoms with E-state index in [9.17, 15) is 14.9 Å². The zero-order valence-corrected chi connectivity index (χ0v) is 9.16. The van der Waals surface area contributed by atoms with Crippen LogP contribution in [0.1, 0.15) is 16.1 Å². The van der Waals surface area contributed by atoms with Crippen molar-refractivity contribution >= 4 is 17.3 Å². The summed E-state index contributed by atoms with van der Waals surface area (Å²) in [5.41, 5.74) is 1.95. The Hall–Kier alpha value is -2.70. The second-order valence-electron chi connectivity index (χ2n) is 3.94. The van der Waals surface area contributed by atoms with Crippen molar-refractivity contribution in [2.45, 2.75) is 6.54 Å². The third-order valence-electron chi connectivity index (χ3n) is 2.88. The molecule has 0 atom stereocenters. The van der Waals surface area contributed by atoms with Crippen molar-refractivity contribution < 1.29 is 9.72 Å². The van der Waals surface area contributed by atoms with Gasteiger partial charge in [-0.05, 0) is 12.1 Å². The third-order valence-corrected chi connectivity index (χ3v) is 2.88. The molecule has 1 N–H and O–H groups in total. The largest absolute Gasteiger partial charge is 0.302 e. The van der Waals surface area contributed by atoms with Gasteiger partial charge < -0.3 is 4.90 Å². The number of nitro benzene ring substituents is 1. The van der Waals surface area contributed by atoms with Crippen LogP contribution in [0.15, 0.2) is 30.5 Å². The molecule has 0 bridgehead atoms. The van der Waals surface area contributed by atoms with Gasteiger partial charge in [0.15, 0.2) is 0 Å². The quantitative estimate of drug-likeness (QED) is 0.639. The fraction of sp³-hybridized carbons (Fsp3) is 0.0909. The molecule has 3 rings (SSSR count). The van der Waals surface area contributed by atoms with Crippen molar-refractivity contribution in [1.29, 1.82) is 0 Å². The molecular formula is C11H8N4O3. The summed E-state index contributed by atoms with van der Waals surface area (Å²) < 4.78 is 0. The average molecular weight is 244 g/mol. The maximum absolute atomic E-state index is 12.0. The van der Waals surface area contributed by atoms with E-state index in [1.165, 1.54) is 12.1 Å². The number of carbonyl (C=O) groups is 1. The van der Waals surface area contributed by atoms with Gasteiger partial charge in [0.1, 0.15) is 5.69 Å². The molecule has 1 aliphatic heterocycles. The number of hydrogen-bond donors (Lipinski definition) is 1. The van der Waals surface area contributed by atoms with Gasteiger partial charge in [0.25, 0.3) is 11.6 Å². The van der Waals surface area contributed by atoms with E-state index in [0.717, 1.165) is 5.56 Å². The molecule has 0 fully saturated rings. The molecule has 0 saturated carbocycles. The van der Waals surface area contributed by atoms with Crippen LogP contribution >= 0.6 is 0 Å². The maximum Gasteiger partial charge on any atom is 0.276 e. The Balaban J connectivity index is 1.91. The number of rotatable bonds is 2. The molecule has 2 heterocycles. The number of non-ortho nitro benzene ring substituents is 1. The van der Waals surface area contributed by atoms with Crippen LogP contribution in [0.4, 0.5) is 11.4 Å². The maximum atomic E-state index is 12.0. The number of nitro groups is 1. The Labute approximate surface area is 101 Å². The first-order valence-corrected chi connectivity index (χ1v) is 5.25. The van der Waals surface area contributed by atoms with Gasteiger partial charge in [-0.2, -0.15) is 5.10 Å². The predicted molar refractivity (Wildman–Crippen MR) is 62.2 cm³/mol. The van der Waals surface area contributed by atoms with Crippen molar-refractivity contribution in [3.63, 3.8) is 0 Å². The predicted octanol–water partition coefficient (Wildman–Crippen LogP) is 1.48. The highest BCUT2D eigenvalue weighted by atomic mass is 16.6. The van der Waals surface area contributed by atoms with Crippen molar-refractivity contribution in [1.82, 2.24) is 10.2 Å². The van der Waals surface area contributed by atoms with E-state index in [1.54, 1.807) is 23.2 Å². The number of hydrogen-bond acceptors (Lipinski definition) is 4. The van der Waals surface area contributed by atoms with Crippen LogP contribution < -0.4 is 4.90 Å². The summed E-state index contributed by atoms with van der Waals surface area (Å²) in [5, 5.41) is 17.0. The van der Waals surface area contributed by atoms with Crippen molar-refractivity contribution in [2.24, 2.45) is 0 Å². The van der Waals surface area contributed by atoms with Crippen LogP contribution in [-0.2, 0) is 6.54 Å². The molecular weight excluding hydrogens is 236 g/mol. The van der Waals surface area contributed by atoms with Crippen molar-refractivity contribution in [3.8, 4) is 0 Å². The van der Waals surface area contributed by atoms with Crippen molar-refractivity contribution in [2.75, 3.05) is 4.90 Å². The Morgan fingerprint density at radius 2 is 2.06 bits per heavy atom. The minimum atomic E-state index is -0.470. The number of amides is 1. The summed E-state index contributed by atoms with van der Waals surface area (Å²) in [4.78, 5) is 23.6. The minimum Gasteiger partial charge on any atom is -0.302 e.